The lowest BCUT2D eigenvalue weighted by Gasteiger charge is -2.34. The third kappa shape index (κ3) is 8.89. The smallest absolute Gasteiger partial charge is 0.361 e. The molecule has 2 fully saturated rings. The standard InChI is InChI=1S/C34H41F3N6O4/c1-21(38)43-16-14-23(15-17-43)20-39-32(45)29(24-6-3-2-4-7-24)40-31(44)28(26-8-5-9-27(19-26)34(35,36)37)18-22-10-12-25(13-11-22)30-41-33(46)47-42-30/h5,8-13,19,23-24,28-29,38H,2-4,6-7,14-18,20H2,1H3,(H,39,45)(H,40,44)(H,41,42,46)/t28?,29-/m0/s1. The van der Waals surface area contributed by atoms with Crippen LogP contribution in [-0.2, 0) is 22.2 Å². The summed E-state index contributed by atoms with van der Waals surface area (Å²) in [5.74, 6) is -1.57. The molecule has 0 bridgehead atoms. The number of H-pyrrole nitrogens is 1. The van der Waals surface area contributed by atoms with Gasteiger partial charge in [0.2, 0.25) is 11.8 Å². The van der Waals surface area contributed by atoms with E-state index >= 15 is 0 Å². The number of piperidine rings is 1. The number of rotatable bonds is 10. The Balaban J connectivity index is 1.36. The molecular formula is C34H41F3N6O4. The quantitative estimate of drug-likeness (QED) is 0.173. The molecule has 3 aromatic rings. The van der Waals surface area contributed by atoms with Crippen molar-refractivity contribution in [3.8, 4) is 11.4 Å². The monoisotopic (exact) mass is 654 g/mol. The van der Waals surface area contributed by atoms with E-state index in [9.17, 15) is 27.6 Å². The number of amidine groups is 1. The topological polar surface area (TPSA) is 144 Å². The number of benzene rings is 2. The molecule has 1 saturated carbocycles. The number of hydrogen-bond donors (Lipinski definition) is 4. The van der Waals surface area contributed by atoms with E-state index in [1.54, 1.807) is 31.2 Å². The van der Waals surface area contributed by atoms with Crippen molar-refractivity contribution >= 4 is 17.6 Å². The van der Waals surface area contributed by atoms with E-state index in [1.165, 1.54) is 12.1 Å². The zero-order valence-electron chi connectivity index (χ0n) is 26.4. The molecule has 0 spiro atoms. The van der Waals surface area contributed by atoms with Crippen LogP contribution in [0.1, 0.15) is 74.5 Å². The Kier molecular flexibility index (Phi) is 10.8. The van der Waals surface area contributed by atoms with Gasteiger partial charge >= 0.3 is 11.9 Å². The van der Waals surface area contributed by atoms with Crippen molar-refractivity contribution < 1.29 is 27.3 Å². The predicted octanol–water partition coefficient (Wildman–Crippen LogP) is 5.27. The first-order chi connectivity index (χ1) is 22.5. The number of carbonyl (C=O) groups is 2. The molecule has 4 N–H and O–H groups in total. The Labute approximate surface area is 271 Å². The summed E-state index contributed by atoms with van der Waals surface area (Å²) in [5.41, 5.74) is 0.567. The minimum absolute atomic E-state index is 0.0762. The molecule has 2 heterocycles. The number of likely N-dealkylation sites (tertiary alicyclic amines) is 1. The van der Waals surface area contributed by atoms with Gasteiger partial charge in [-0.1, -0.05) is 66.9 Å². The molecule has 2 aromatic carbocycles. The summed E-state index contributed by atoms with van der Waals surface area (Å²) >= 11 is 0. The van der Waals surface area contributed by atoms with E-state index in [0.717, 1.165) is 70.2 Å². The molecule has 2 aliphatic rings. The van der Waals surface area contributed by atoms with Crippen molar-refractivity contribution in [2.45, 2.75) is 76.4 Å². The molecule has 0 radical (unpaired) electrons. The largest absolute Gasteiger partial charge is 0.439 e. The minimum atomic E-state index is -4.59. The fourth-order valence-electron chi connectivity index (χ4n) is 6.63. The number of carbonyl (C=O) groups excluding carboxylic acids is 2. The maximum absolute atomic E-state index is 14.1. The average molecular weight is 655 g/mol. The molecule has 1 saturated heterocycles. The van der Waals surface area contributed by atoms with Crippen molar-refractivity contribution in [1.29, 1.82) is 5.41 Å². The van der Waals surface area contributed by atoms with Gasteiger partial charge in [0.15, 0.2) is 5.82 Å². The van der Waals surface area contributed by atoms with Gasteiger partial charge in [0.1, 0.15) is 6.04 Å². The number of aromatic nitrogens is 2. The summed E-state index contributed by atoms with van der Waals surface area (Å²) in [4.78, 5) is 43.7. The Morgan fingerprint density at radius 2 is 1.74 bits per heavy atom. The van der Waals surface area contributed by atoms with Crippen molar-refractivity contribution in [3.05, 3.63) is 75.8 Å². The van der Waals surface area contributed by atoms with Crippen molar-refractivity contribution in [2.24, 2.45) is 11.8 Å². The molecular weight excluding hydrogens is 613 g/mol. The lowest BCUT2D eigenvalue weighted by Crippen LogP contribution is -2.53. The first-order valence-corrected chi connectivity index (χ1v) is 16.2. The van der Waals surface area contributed by atoms with Crippen LogP contribution in [0.4, 0.5) is 13.2 Å². The number of nitrogens with zero attached hydrogens (tertiary/aromatic N) is 2. The number of alkyl halides is 3. The second-order valence-corrected chi connectivity index (χ2v) is 12.7. The van der Waals surface area contributed by atoms with Gasteiger partial charge in [0.25, 0.3) is 0 Å². The minimum Gasteiger partial charge on any atom is -0.361 e. The maximum Gasteiger partial charge on any atom is 0.439 e. The van der Waals surface area contributed by atoms with Crippen LogP contribution < -0.4 is 16.4 Å². The molecule has 1 aromatic heterocycles. The average Bonchev–Trinajstić information content (AvgIpc) is 3.51. The van der Waals surface area contributed by atoms with Gasteiger partial charge in [-0.25, -0.2) is 4.79 Å². The number of halogens is 3. The van der Waals surface area contributed by atoms with Crippen LogP contribution >= 0.6 is 0 Å². The Hall–Kier alpha value is -4.42. The number of aromatic amines is 1. The van der Waals surface area contributed by atoms with Crippen molar-refractivity contribution in [3.63, 3.8) is 0 Å². The van der Waals surface area contributed by atoms with Gasteiger partial charge in [-0.15, -0.1) is 0 Å². The molecule has 5 rings (SSSR count). The molecule has 13 heteroatoms. The highest BCUT2D eigenvalue weighted by atomic mass is 19.4. The number of hydrogen-bond acceptors (Lipinski definition) is 6. The highest BCUT2D eigenvalue weighted by molar-refractivity contribution is 5.91. The zero-order valence-corrected chi connectivity index (χ0v) is 26.4. The number of nitrogens with one attached hydrogen (secondary N) is 4. The summed E-state index contributed by atoms with van der Waals surface area (Å²) in [5, 5.41) is 17.6. The molecule has 10 nitrogen and oxygen atoms in total. The van der Waals surface area contributed by atoms with Gasteiger partial charge in [-0.3, -0.25) is 24.5 Å². The summed E-state index contributed by atoms with van der Waals surface area (Å²) in [6.45, 7) is 3.75. The predicted molar refractivity (Wildman–Crippen MR) is 170 cm³/mol. The molecule has 2 atom stereocenters. The molecule has 47 heavy (non-hydrogen) atoms. The fourth-order valence-corrected chi connectivity index (χ4v) is 6.63. The van der Waals surface area contributed by atoms with Crippen LogP contribution in [0, 0.1) is 17.2 Å². The zero-order chi connectivity index (χ0) is 33.6. The summed E-state index contributed by atoms with van der Waals surface area (Å²) in [6.07, 6.45) is 1.65. The second-order valence-electron chi connectivity index (χ2n) is 12.7. The Bertz CT molecular complexity index is 1590. The van der Waals surface area contributed by atoms with Crippen LogP contribution in [0.5, 0.6) is 0 Å². The number of amides is 2. The lowest BCUT2D eigenvalue weighted by molar-refractivity contribution is -0.137. The fraction of sp³-hybridized carbons (Fsp3) is 0.500. The molecule has 252 valence electrons. The normalized spacial score (nSPS) is 17.6. The molecule has 1 aliphatic heterocycles. The molecule has 2 amide bonds. The summed E-state index contributed by atoms with van der Waals surface area (Å²) < 4.78 is 45.7. The van der Waals surface area contributed by atoms with Gasteiger partial charge in [0.05, 0.1) is 17.3 Å². The van der Waals surface area contributed by atoms with Crippen molar-refractivity contribution in [2.75, 3.05) is 19.6 Å². The van der Waals surface area contributed by atoms with Gasteiger partial charge < -0.3 is 15.5 Å². The van der Waals surface area contributed by atoms with Crippen LogP contribution in [-0.4, -0.2) is 58.4 Å². The highest BCUT2D eigenvalue weighted by Gasteiger charge is 2.35. The SMILES string of the molecule is CC(=N)N1CCC(CNC(=O)[C@@H](NC(=O)C(Cc2ccc(-c3noc(=O)[nH]3)cc2)c2cccc(C(F)(F)F)c2)C2CCCCC2)CC1. The highest BCUT2D eigenvalue weighted by Crippen LogP contribution is 2.33. The summed E-state index contributed by atoms with van der Waals surface area (Å²) in [7, 11) is 0. The summed E-state index contributed by atoms with van der Waals surface area (Å²) in [6, 6.07) is 10.7. The van der Waals surface area contributed by atoms with Crippen LogP contribution in [0.15, 0.2) is 57.8 Å². The van der Waals surface area contributed by atoms with Crippen LogP contribution in [0.2, 0.25) is 0 Å². The van der Waals surface area contributed by atoms with Gasteiger partial charge in [0, 0.05) is 25.2 Å². The van der Waals surface area contributed by atoms with E-state index in [1.807, 2.05) is 4.90 Å². The van der Waals surface area contributed by atoms with E-state index < -0.39 is 35.4 Å². The van der Waals surface area contributed by atoms with E-state index in [2.05, 4.69) is 25.3 Å². The lowest BCUT2D eigenvalue weighted by atomic mass is 9.82. The van der Waals surface area contributed by atoms with E-state index in [-0.39, 0.29) is 35.6 Å². The Morgan fingerprint density at radius 1 is 1.04 bits per heavy atom. The third-order valence-corrected chi connectivity index (χ3v) is 9.40. The second kappa shape index (κ2) is 15.0. The van der Waals surface area contributed by atoms with Crippen LogP contribution in [0.25, 0.3) is 11.4 Å². The van der Waals surface area contributed by atoms with Gasteiger partial charge in [-0.2, -0.15) is 13.2 Å². The first-order valence-electron chi connectivity index (χ1n) is 16.2. The van der Waals surface area contributed by atoms with Gasteiger partial charge in [-0.05, 0) is 68.1 Å². The first kappa shape index (κ1) is 33.9. The van der Waals surface area contributed by atoms with Crippen molar-refractivity contribution in [1.82, 2.24) is 25.7 Å². The third-order valence-electron chi connectivity index (χ3n) is 9.40. The van der Waals surface area contributed by atoms with Crippen LogP contribution in [0.3, 0.4) is 0 Å². The van der Waals surface area contributed by atoms with E-state index in [0.29, 0.717) is 23.5 Å². The molecule has 1 aliphatic carbocycles. The Morgan fingerprint density at radius 3 is 2.36 bits per heavy atom. The molecule has 1 unspecified atom stereocenters. The maximum atomic E-state index is 14.1. The van der Waals surface area contributed by atoms with E-state index in [4.69, 9.17) is 5.41 Å².